The van der Waals surface area contributed by atoms with E-state index < -0.39 is 29.7 Å². The molecule has 47 heavy (non-hydrogen) atoms. The Hall–Kier alpha value is -3.80. The lowest BCUT2D eigenvalue weighted by molar-refractivity contribution is -0.138. The molecule has 1 aliphatic heterocycles. The number of halogens is 1. The highest BCUT2D eigenvalue weighted by molar-refractivity contribution is 6.00. The molecule has 0 spiro atoms. The van der Waals surface area contributed by atoms with E-state index in [2.05, 4.69) is 27.6 Å². The van der Waals surface area contributed by atoms with Crippen molar-refractivity contribution in [3.63, 3.8) is 0 Å². The second-order valence-corrected chi connectivity index (χ2v) is 13.8. The first-order chi connectivity index (χ1) is 22.6. The van der Waals surface area contributed by atoms with E-state index in [1.54, 1.807) is 41.8 Å². The average Bonchev–Trinajstić information content (AvgIpc) is 3.78. The number of rotatable bonds is 13. The van der Waals surface area contributed by atoms with Crippen LogP contribution in [0, 0.1) is 23.6 Å². The van der Waals surface area contributed by atoms with Gasteiger partial charge in [-0.1, -0.05) is 39.7 Å². The number of carbonyl (C=O) groups is 4. The van der Waals surface area contributed by atoms with Gasteiger partial charge >= 0.3 is 0 Å². The van der Waals surface area contributed by atoms with Gasteiger partial charge in [-0.15, -0.1) is 0 Å². The molecule has 3 atom stereocenters. The number of nitrogens with one attached hydrogen (secondary N) is 2. The number of benzene rings is 1. The summed E-state index contributed by atoms with van der Waals surface area (Å²) in [6.07, 6.45) is 8.28. The number of hydrogen-bond donors (Lipinski definition) is 2. The SMILES string of the molecule is CCC(=O)N[C@@H](C(=O)N1CCN(C)CC1)[C@@H](C)c1ccc(NC(=O)[C@H](C2CCC(C)CC2)N(C=O)c2ccnn2CC2CC2)c(F)c1. The summed E-state index contributed by atoms with van der Waals surface area (Å²) in [5.41, 5.74) is 0.526. The predicted octanol–water partition coefficient (Wildman–Crippen LogP) is 4.00. The van der Waals surface area contributed by atoms with Crippen molar-refractivity contribution >= 4 is 35.6 Å². The second kappa shape index (κ2) is 15.4. The third-order valence-corrected chi connectivity index (χ3v) is 10.3. The Bertz CT molecular complexity index is 1410. The number of nitrogens with zero attached hydrogens (tertiary/aromatic N) is 5. The lowest BCUT2D eigenvalue weighted by Gasteiger charge is -2.37. The molecule has 2 aliphatic carbocycles. The molecule has 3 fully saturated rings. The zero-order valence-corrected chi connectivity index (χ0v) is 28.2. The maximum Gasteiger partial charge on any atom is 0.247 e. The molecule has 4 amide bonds. The molecule has 3 aliphatic rings. The summed E-state index contributed by atoms with van der Waals surface area (Å²) in [5.74, 6) is -0.526. The Labute approximate surface area is 277 Å². The molecule has 1 aromatic heterocycles. The molecule has 2 N–H and O–H groups in total. The molecule has 12 heteroatoms. The molecule has 0 unspecified atom stereocenters. The van der Waals surface area contributed by atoms with Crippen molar-refractivity contribution in [3.05, 3.63) is 41.8 Å². The third kappa shape index (κ3) is 8.38. The van der Waals surface area contributed by atoms with E-state index in [0.29, 0.717) is 49.3 Å². The van der Waals surface area contributed by atoms with Crippen LogP contribution in [0.3, 0.4) is 0 Å². The molecule has 0 radical (unpaired) electrons. The van der Waals surface area contributed by atoms with Crippen LogP contribution < -0.4 is 15.5 Å². The van der Waals surface area contributed by atoms with Gasteiger partial charge in [0.2, 0.25) is 24.1 Å². The van der Waals surface area contributed by atoms with Gasteiger partial charge in [-0.25, -0.2) is 9.07 Å². The van der Waals surface area contributed by atoms with Gasteiger partial charge in [-0.3, -0.25) is 24.1 Å². The summed E-state index contributed by atoms with van der Waals surface area (Å²) in [7, 11) is 2.00. The first-order valence-corrected chi connectivity index (χ1v) is 17.2. The highest BCUT2D eigenvalue weighted by Gasteiger charge is 2.38. The fraction of sp³-hybridized carbons (Fsp3) is 0.629. The number of aromatic nitrogens is 2. The minimum absolute atomic E-state index is 0.00278. The third-order valence-electron chi connectivity index (χ3n) is 10.3. The smallest absolute Gasteiger partial charge is 0.247 e. The van der Waals surface area contributed by atoms with E-state index in [9.17, 15) is 19.2 Å². The zero-order chi connectivity index (χ0) is 33.7. The Kier molecular flexibility index (Phi) is 11.3. The fourth-order valence-electron chi connectivity index (χ4n) is 6.88. The average molecular weight is 652 g/mol. The van der Waals surface area contributed by atoms with Crippen LogP contribution in [0.25, 0.3) is 0 Å². The highest BCUT2D eigenvalue weighted by Crippen LogP contribution is 2.36. The molecule has 11 nitrogen and oxygen atoms in total. The van der Waals surface area contributed by atoms with E-state index in [-0.39, 0.29) is 29.8 Å². The quantitative estimate of drug-likeness (QED) is 0.316. The van der Waals surface area contributed by atoms with Gasteiger partial charge in [0.05, 0.1) is 11.9 Å². The van der Waals surface area contributed by atoms with Gasteiger partial charge in [0.15, 0.2) is 0 Å². The van der Waals surface area contributed by atoms with Gasteiger partial charge in [-0.05, 0) is 68.2 Å². The Morgan fingerprint density at radius 1 is 1.06 bits per heavy atom. The predicted molar refractivity (Wildman–Crippen MR) is 178 cm³/mol. The summed E-state index contributed by atoms with van der Waals surface area (Å²) >= 11 is 0. The Morgan fingerprint density at radius 3 is 2.38 bits per heavy atom. The standard InChI is InChI=1S/C35H50FN7O4/c1-5-30(45)39-32(35(47)41-18-16-40(4)17-19-41)24(3)27-12-13-29(28(36)20-27)38-34(46)33(26-10-6-23(2)7-11-26)42(22-44)31-14-15-37-43(31)21-25-8-9-25/h12-15,20,22-26,32-33H,5-11,16-19,21H2,1-4H3,(H,38,46)(H,39,45)/t23?,24-,26?,32+,33-/m0/s1. The largest absolute Gasteiger partial charge is 0.344 e. The molecule has 1 saturated heterocycles. The number of amides is 4. The van der Waals surface area contributed by atoms with E-state index in [0.717, 1.165) is 51.6 Å². The Morgan fingerprint density at radius 2 is 1.77 bits per heavy atom. The lowest BCUT2D eigenvalue weighted by Crippen LogP contribution is -2.55. The molecule has 5 rings (SSSR count). The molecular weight excluding hydrogens is 601 g/mol. The van der Waals surface area contributed by atoms with E-state index in [4.69, 9.17) is 0 Å². The minimum atomic E-state index is -0.856. The molecule has 256 valence electrons. The maximum absolute atomic E-state index is 15.8. The van der Waals surface area contributed by atoms with Crippen molar-refractivity contribution in [2.75, 3.05) is 43.4 Å². The van der Waals surface area contributed by atoms with Crippen molar-refractivity contribution in [2.45, 2.75) is 90.3 Å². The van der Waals surface area contributed by atoms with Crippen LogP contribution in [0.4, 0.5) is 15.9 Å². The summed E-state index contributed by atoms with van der Waals surface area (Å²) in [6, 6.07) is 4.58. The summed E-state index contributed by atoms with van der Waals surface area (Å²) in [4.78, 5) is 58.1. The number of anilines is 2. The lowest BCUT2D eigenvalue weighted by atomic mass is 9.78. The van der Waals surface area contributed by atoms with Gasteiger partial charge in [0, 0.05) is 51.1 Å². The Balaban J connectivity index is 1.36. The van der Waals surface area contributed by atoms with Crippen molar-refractivity contribution in [2.24, 2.45) is 17.8 Å². The molecule has 2 saturated carbocycles. The first-order valence-electron chi connectivity index (χ1n) is 17.2. The molecular formula is C35H50FN7O4. The molecule has 2 heterocycles. The van der Waals surface area contributed by atoms with Gasteiger partial charge in [0.1, 0.15) is 23.7 Å². The number of hydrogen-bond acceptors (Lipinski definition) is 6. The van der Waals surface area contributed by atoms with Crippen molar-refractivity contribution in [1.29, 1.82) is 0 Å². The summed E-state index contributed by atoms with van der Waals surface area (Å²) in [5, 5.41) is 10.1. The van der Waals surface area contributed by atoms with Gasteiger partial charge in [-0.2, -0.15) is 5.10 Å². The monoisotopic (exact) mass is 651 g/mol. The van der Waals surface area contributed by atoms with Crippen LogP contribution >= 0.6 is 0 Å². The first kappa shape index (κ1) is 34.5. The molecule has 2 aromatic rings. The minimum Gasteiger partial charge on any atom is -0.344 e. The summed E-state index contributed by atoms with van der Waals surface area (Å²) in [6.45, 7) is 9.00. The van der Waals surface area contributed by atoms with Crippen LogP contribution in [-0.2, 0) is 25.7 Å². The molecule has 1 aromatic carbocycles. The van der Waals surface area contributed by atoms with E-state index in [1.165, 1.54) is 17.0 Å². The second-order valence-electron chi connectivity index (χ2n) is 13.8. The van der Waals surface area contributed by atoms with E-state index >= 15 is 4.39 Å². The summed E-state index contributed by atoms with van der Waals surface area (Å²) < 4.78 is 17.6. The number of piperazine rings is 1. The van der Waals surface area contributed by atoms with Crippen LogP contribution in [-0.4, -0.2) is 89.0 Å². The molecule has 0 bridgehead atoms. The van der Waals surface area contributed by atoms with E-state index in [1.807, 2.05) is 7.05 Å². The van der Waals surface area contributed by atoms with Gasteiger partial charge in [0.25, 0.3) is 0 Å². The zero-order valence-electron chi connectivity index (χ0n) is 28.2. The van der Waals surface area contributed by atoms with Crippen molar-refractivity contribution in [1.82, 2.24) is 24.9 Å². The number of carbonyl (C=O) groups excluding carboxylic acids is 4. The normalized spacial score (nSPS) is 22.2. The highest BCUT2D eigenvalue weighted by atomic mass is 19.1. The van der Waals surface area contributed by atoms with Crippen LogP contribution in [0.1, 0.15) is 77.2 Å². The number of likely N-dealkylation sites (N-methyl/N-ethyl adjacent to an activating group) is 1. The fourth-order valence-corrected chi connectivity index (χ4v) is 6.88. The topological polar surface area (TPSA) is 120 Å². The van der Waals surface area contributed by atoms with Crippen LogP contribution in [0.15, 0.2) is 30.5 Å². The van der Waals surface area contributed by atoms with Crippen molar-refractivity contribution < 1.29 is 23.6 Å². The maximum atomic E-state index is 15.8. The van der Waals surface area contributed by atoms with Gasteiger partial charge < -0.3 is 20.4 Å². The van der Waals surface area contributed by atoms with Crippen LogP contribution in [0.5, 0.6) is 0 Å². The van der Waals surface area contributed by atoms with Crippen molar-refractivity contribution in [3.8, 4) is 0 Å². The van der Waals surface area contributed by atoms with Crippen LogP contribution in [0.2, 0.25) is 0 Å².